The van der Waals surface area contributed by atoms with E-state index in [1.807, 2.05) is 29.7 Å². The van der Waals surface area contributed by atoms with Crippen molar-refractivity contribution in [2.75, 3.05) is 13.2 Å². The molecule has 0 aliphatic rings. The molecule has 0 saturated carbocycles. The van der Waals surface area contributed by atoms with Gasteiger partial charge in [-0.25, -0.2) is 0 Å². The quantitative estimate of drug-likeness (QED) is 0.217. The Hall–Kier alpha value is -2.62. The summed E-state index contributed by atoms with van der Waals surface area (Å²) in [5.74, 6) is -0.404. The number of nitrogens with zero attached hydrogens (tertiary/aromatic N) is 3. The van der Waals surface area contributed by atoms with E-state index in [0.717, 1.165) is 14.7 Å². The van der Waals surface area contributed by atoms with Crippen LogP contribution in [0, 0.1) is 10.1 Å². The Morgan fingerprint density at radius 2 is 2.07 bits per heavy atom. The van der Waals surface area contributed by atoms with Crippen molar-refractivity contribution in [3.63, 3.8) is 0 Å². The van der Waals surface area contributed by atoms with Crippen LogP contribution < -0.4 is 4.80 Å². The van der Waals surface area contributed by atoms with E-state index in [0.29, 0.717) is 30.1 Å². The van der Waals surface area contributed by atoms with Crippen LogP contribution in [0.25, 0.3) is 16.3 Å². The largest absolute Gasteiger partial charge is 0.380 e. The summed E-state index contributed by atoms with van der Waals surface area (Å²) in [6, 6.07) is 11.9. The van der Waals surface area contributed by atoms with Gasteiger partial charge in [0.25, 0.3) is 11.6 Å². The Kier molecular flexibility index (Phi) is 7.08. The zero-order chi connectivity index (χ0) is 20.8. The molecule has 150 valence electrons. The molecule has 0 bridgehead atoms. The lowest BCUT2D eigenvalue weighted by Gasteiger charge is -2.05. The molecule has 29 heavy (non-hydrogen) atoms. The number of nitro benzene ring substituents is 1. The third-order valence-corrected chi connectivity index (χ3v) is 5.57. The number of rotatable bonds is 7. The van der Waals surface area contributed by atoms with Crippen molar-refractivity contribution in [1.82, 2.24) is 4.57 Å². The second-order valence-corrected chi connectivity index (χ2v) is 7.90. The van der Waals surface area contributed by atoms with Crippen molar-refractivity contribution < 1.29 is 14.5 Å². The fourth-order valence-electron chi connectivity index (χ4n) is 2.65. The second kappa shape index (κ2) is 9.73. The molecule has 0 aliphatic heterocycles. The lowest BCUT2D eigenvalue weighted by atomic mass is 10.2. The minimum absolute atomic E-state index is 0.00457. The first kappa shape index (κ1) is 21.1. The number of fused-ring (bicyclic) bond motifs is 1. The average Bonchev–Trinajstić information content (AvgIpc) is 3.03. The normalized spacial score (nSPS) is 12.1. The number of ether oxygens (including phenoxy) is 1. The van der Waals surface area contributed by atoms with E-state index < -0.39 is 10.8 Å². The van der Waals surface area contributed by atoms with Crippen molar-refractivity contribution in [3.05, 3.63) is 73.5 Å². The van der Waals surface area contributed by atoms with Crippen LogP contribution in [-0.2, 0) is 16.1 Å². The zero-order valence-corrected chi connectivity index (χ0v) is 18.0. The molecule has 7 nitrogen and oxygen atoms in total. The summed E-state index contributed by atoms with van der Waals surface area (Å²) in [7, 11) is 0. The van der Waals surface area contributed by atoms with E-state index >= 15 is 0 Å². The fourth-order valence-corrected chi connectivity index (χ4v) is 4.27. The maximum absolute atomic E-state index is 12.4. The van der Waals surface area contributed by atoms with Gasteiger partial charge in [0, 0.05) is 35.8 Å². The molecule has 1 aromatic heterocycles. The third kappa shape index (κ3) is 5.47. The number of carbonyl (C=O) groups excluding carboxylic acids is 1. The molecule has 0 saturated heterocycles. The molecule has 0 unspecified atom stereocenters. The average molecular weight is 476 g/mol. The first-order chi connectivity index (χ1) is 14.0. The van der Waals surface area contributed by atoms with Gasteiger partial charge in [0.15, 0.2) is 4.80 Å². The SMILES string of the molecule is CCOCCn1c(=NC(=O)C=Cc2ccc([N+](=O)[O-])cc2)sc2cc(Br)ccc21. The number of benzene rings is 2. The molecular weight excluding hydrogens is 458 g/mol. The van der Waals surface area contributed by atoms with Crippen molar-refractivity contribution in [3.8, 4) is 0 Å². The van der Waals surface area contributed by atoms with Crippen LogP contribution in [0.4, 0.5) is 5.69 Å². The molecular formula is C20H18BrN3O4S. The van der Waals surface area contributed by atoms with Crippen LogP contribution in [0.1, 0.15) is 12.5 Å². The van der Waals surface area contributed by atoms with E-state index in [9.17, 15) is 14.9 Å². The van der Waals surface area contributed by atoms with E-state index in [4.69, 9.17) is 4.74 Å². The summed E-state index contributed by atoms with van der Waals surface area (Å²) >= 11 is 4.90. The smallest absolute Gasteiger partial charge is 0.272 e. The molecule has 0 fully saturated rings. The summed E-state index contributed by atoms with van der Waals surface area (Å²) in [6.45, 7) is 3.68. The van der Waals surface area contributed by atoms with Gasteiger partial charge in [-0.1, -0.05) is 27.3 Å². The maximum atomic E-state index is 12.4. The Bertz CT molecular complexity index is 1130. The van der Waals surface area contributed by atoms with Gasteiger partial charge in [-0.2, -0.15) is 4.99 Å². The van der Waals surface area contributed by atoms with E-state index in [-0.39, 0.29) is 5.69 Å². The van der Waals surface area contributed by atoms with Crippen LogP contribution in [0.5, 0.6) is 0 Å². The molecule has 0 atom stereocenters. The van der Waals surface area contributed by atoms with Crippen molar-refractivity contribution in [2.45, 2.75) is 13.5 Å². The molecule has 0 radical (unpaired) electrons. The van der Waals surface area contributed by atoms with E-state index in [2.05, 4.69) is 20.9 Å². The number of aromatic nitrogens is 1. The topological polar surface area (TPSA) is 86.7 Å². The standard InChI is InChI=1S/C20H18BrN3O4S/c1-2-28-12-11-23-17-9-6-15(21)13-18(17)29-20(23)22-19(25)10-5-14-3-7-16(8-4-14)24(26)27/h3-10,13H,2,11-12H2,1H3. The van der Waals surface area contributed by atoms with Crippen LogP contribution in [-0.4, -0.2) is 28.6 Å². The summed E-state index contributed by atoms with van der Waals surface area (Å²) in [6.07, 6.45) is 2.94. The van der Waals surface area contributed by atoms with Crippen LogP contribution in [0.3, 0.4) is 0 Å². The predicted octanol–water partition coefficient (Wildman–Crippen LogP) is 4.55. The van der Waals surface area contributed by atoms with E-state index in [1.165, 1.54) is 29.5 Å². The molecule has 0 aliphatic carbocycles. The van der Waals surface area contributed by atoms with Crippen molar-refractivity contribution >= 4 is 55.2 Å². The van der Waals surface area contributed by atoms with Gasteiger partial charge >= 0.3 is 0 Å². The number of amides is 1. The number of carbonyl (C=O) groups is 1. The Morgan fingerprint density at radius 3 is 2.76 bits per heavy atom. The number of non-ortho nitro benzene ring substituents is 1. The van der Waals surface area contributed by atoms with Gasteiger partial charge in [-0.3, -0.25) is 14.9 Å². The minimum Gasteiger partial charge on any atom is -0.380 e. The number of hydrogen-bond donors (Lipinski definition) is 0. The lowest BCUT2D eigenvalue weighted by molar-refractivity contribution is -0.384. The maximum Gasteiger partial charge on any atom is 0.272 e. The highest BCUT2D eigenvalue weighted by molar-refractivity contribution is 9.10. The monoisotopic (exact) mass is 475 g/mol. The van der Waals surface area contributed by atoms with Gasteiger partial charge < -0.3 is 9.30 Å². The van der Waals surface area contributed by atoms with Gasteiger partial charge in [0.2, 0.25) is 0 Å². The second-order valence-electron chi connectivity index (χ2n) is 5.98. The van der Waals surface area contributed by atoms with Gasteiger partial charge in [-0.05, 0) is 48.9 Å². The summed E-state index contributed by atoms with van der Waals surface area (Å²) in [5.41, 5.74) is 1.68. The van der Waals surface area contributed by atoms with Crippen molar-refractivity contribution in [2.24, 2.45) is 4.99 Å². The number of hydrogen-bond acceptors (Lipinski definition) is 5. The molecule has 0 N–H and O–H groups in total. The Balaban J connectivity index is 1.88. The summed E-state index contributed by atoms with van der Waals surface area (Å²) in [5, 5.41) is 10.7. The highest BCUT2D eigenvalue weighted by Crippen LogP contribution is 2.22. The van der Waals surface area contributed by atoms with Gasteiger partial charge in [0.05, 0.1) is 21.7 Å². The fraction of sp³-hybridized carbons (Fsp3) is 0.200. The van der Waals surface area contributed by atoms with Crippen LogP contribution in [0.2, 0.25) is 0 Å². The van der Waals surface area contributed by atoms with Crippen molar-refractivity contribution in [1.29, 1.82) is 0 Å². The molecule has 3 rings (SSSR count). The lowest BCUT2D eigenvalue weighted by Crippen LogP contribution is -2.19. The molecule has 1 heterocycles. The molecule has 2 aromatic carbocycles. The summed E-state index contributed by atoms with van der Waals surface area (Å²) < 4.78 is 9.40. The Labute approximate surface area is 179 Å². The highest BCUT2D eigenvalue weighted by Gasteiger charge is 2.08. The van der Waals surface area contributed by atoms with Gasteiger partial charge in [-0.15, -0.1) is 0 Å². The number of halogens is 1. The predicted molar refractivity (Wildman–Crippen MR) is 117 cm³/mol. The van der Waals surface area contributed by atoms with E-state index in [1.54, 1.807) is 18.2 Å². The molecule has 0 spiro atoms. The Morgan fingerprint density at radius 1 is 1.31 bits per heavy atom. The minimum atomic E-state index is -0.463. The first-order valence-corrected chi connectivity index (χ1v) is 10.5. The van der Waals surface area contributed by atoms with Crippen LogP contribution in [0.15, 0.2) is 58.0 Å². The number of thiazole rings is 1. The molecule has 9 heteroatoms. The molecule has 3 aromatic rings. The zero-order valence-electron chi connectivity index (χ0n) is 15.6. The third-order valence-electron chi connectivity index (χ3n) is 4.04. The molecule has 1 amide bonds. The highest BCUT2D eigenvalue weighted by atomic mass is 79.9. The first-order valence-electron chi connectivity index (χ1n) is 8.86. The number of nitro groups is 1. The summed E-state index contributed by atoms with van der Waals surface area (Å²) in [4.78, 5) is 27.5. The van der Waals surface area contributed by atoms with Crippen LogP contribution >= 0.6 is 27.3 Å². The van der Waals surface area contributed by atoms with Gasteiger partial charge in [0.1, 0.15) is 0 Å².